The van der Waals surface area contributed by atoms with Crippen LogP contribution >= 0.6 is 11.8 Å². The molecule has 1 saturated carbocycles. The first-order chi connectivity index (χ1) is 7.67. The van der Waals surface area contributed by atoms with Crippen LogP contribution in [0.2, 0.25) is 0 Å². The van der Waals surface area contributed by atoms with Crippen molar-refractivity contribution >= 4 is 11.8 Å². The highest BCUT2D eigenvalue weighted by Gasteiger charge is 2.23. The minimum absolute atomic E-state index is 0.0530. The molecule has 1 aromatic carbocycles. The molecule has 0 atom stereocenters. The Morgan fingerprint density at radius 1 is 1.38 bits per heavy atom. The fourth-order valence-corrected chi connectivity index (χ4v) is 2.39. The van der Waals surface area contributed by atoms with Crippen LogP contribution in [0.15, 0.2) is 23.1 Å². The number of ether oxygens (including phenoxy) is 1. The second-order valence-corrected chi connectivity index (χ2v) is 4.87. The van der Waals surface area contributed by atoms with Crippen molar-refractivity contribution in [2.24, 2.45) is 0 Å². The Morgan fingerprint density at radius 3 is 2.69 bits per heavy atom. The van der Waals surface area contributed by atoms with Gasteiger partial charge in [0.25, 0.3) is 0 Å². The smallest absolute Gasteiger partial charge is 0.387 e. The van der Waals surface area contributed by atoms with Gasteiger partial charge in [-0.2, -0.15) is 14.0 Å². The summed E-state index contributed by atoms with van der Waals surface area (Å²) in [5.74, 6) is 0.0530. The molecule has 0 amide bonds. The largest absolute Gasteiger partial charge is 0.435 e. The number of benzene rings is 1. The molecule has 1 aromatic rings. The van der Waals surface area contributed by atoms with E-state index in [-0.39, 0.29) is 5.75 Å². The van der Waals surface area contributed by atoms with Gasteiger partial charge in [0.2, 0.25) is 0 Å². The van der Waals surface area contributed by atoms with E-state index in [2.05, 4.69) is 4.74 Å². The van der Waals surface area contributed by atoms with Crippen LogP contribution in [0.25, 0.3) is 0 Å². The van der Waals surface area contributed by atoms with Gasteiger partial charge in [-0.3, -0.25) is 0 Å². The molecule has 0 unspecified atom stereocenters. The maximum absolute atomic E-state index is 12.1. The van der Waals surface area contributed by atoms with E-state index >= 15 is 0 Å². The molecule has 1 fully saturated rings. The summed E-state index contributed by atoms with van der Waals surface area (Å²) in [5.41, 5.74) is 0.348. The van der Waals surface area contributed by atoms with Crippen LogP contribution in [-0.4, -0.2) is 11.9 Å². The first-order valence-corrected chi connectivity index (χ1v) is 5.72. The molecule has 2 nitrogen and oxygen atoms in total. The van der Waals surface area contributed by atoms with E-state index in [9.17, 15) is 8.78 Å². The van der Waals surface area contributed by atoms with Gasteiger partial charge in [0.05, 0.1) is 11.6 Å². The second-order valence-electron chi connectivity index (χ2n) is 3.50. The van der Waals surface area contributed by atoms with Crippen LogP contribution < -0.4 is 4.74 Å². The molecule has 2 rings (SSSR count). The summed E-state index contributed by atoms with van der Waals surface area (Å²) in [7, 11) is 0. The number of nitriles is 1. The van der Waals surface area contributed by atoms with Crippen LogP contribution in [0.4, 0.5) is 8.78 Å². The van der Waals surface area contributed by atoms with E-state index in [1.54, 1.807) is 23.9 Å². The van der Waals surface area contributed by atoms with Gasteiger partial charge in [-0.25, -0.2) is 0 Å². The minimum Gasteiger partial charge on any atom is -0.435 e. The molecular weight excluding hydrogens is 232 g/mol. The maximum atomic E-state index is 12.1. The molecule has 0 N–H and O–H groups in total. The van der Waals surface area contributed by atoms with E-state index in [1.165, 1.54) is 6.07 Å². The number of thioether (sulfide) groups is 1. The Labute approximate surface area is 96.2 Å². The topological polar surface area (TPSA) is 33.0 Å². The molecule has 0 spiro atoms. The predicted molar refractivity (Wildman–Crippen MR) is 56.7 cm³/mol. The van der Waals surface area contributed by atoms with Crippen LogP contribution in [-0.2, 0) is 0 Å². The Balaban J connectivity index is 2.19. The van der Waals surface area contributed by atoms with Gasteiger partial charge in [0.1, 0.15) is 5.75 Å². The van der Waals surface area contributed by atoms with Crippen molar-refractivity contribution in [1.82, 2.24) is 0 Å². The number of hydrogen-bond acceptors (Lipinski definition) is 3. The fraction of sp³-hybridized carbons (Fsp3) is 0.364. The molecule has 0 saturated heterocycles. The van der Waals surface area contributed by atoms with Gasteiger partial charge >= 0.3 is 6.61 Å². The van der Waals surface area contributed by atoms with Crippen molar-refractivity contribution in [3.8, 4) is 11.8 Å². The number of halogens is 2. The Hall–Kier alpha value is -1.28. The lowest BCUT2D eigenvalue weighted by atomic mass is 10.2. The SMILES string of the molecule is N#Cc1cc(OC(F)F)cc(SC2CC2)c1. The monoisotopic (exact) mass is 241 g/mol. The quantitative estimate of drug-likeness (QED) is 0.809. The van der Waals surface area contributed by atoms with Gasteiger partial charge in [-0.15, -0.1) is 11.8 Å². The first-order valence-electron chi connectivity index (χ1n) is 4.84. The molecule has 0 aromatic heterocycles. The third-order valence-electron chi connectivity index (χ3n) is 2.06. The highest BCUT2D eigenvalue weighted by Crippen LogP contribution is 2.40. The average Bonchev–Trinajstić information content (AvgIpc) is 3.00. The van der Waals surface area contributed by atoms with Crippen LogP contribution in [0, 0.1) is 11.3 Å². The highest BCUT2D eigenvalue weighted by atomic mass is 32.2. The van der Waals surface area contributed by atoms with Gasteiger partial charge < -0.3 is 4.74 Å². The molecule has 5 heteroatoms. The van der Waals surface area contributed by atoms with Crippen molar-refractivity contribution in [1.29, 1.82) is 5.26 Å². The predicted octanol–water partition coefficient (Wildman–Crippen LogP) is 3.41. The molecule has 1 aliphatic carbocycles. The van der Waals surface area contributed by atoms with Crippen molar-refractivity contribution in [2.45, 2.75) is 29.6 Å². The summed E-state index contributed by atoms with van der Waals surface area (Å²) in [5, 5.41) is 9.33. The normalized spacial score (nSPS) is 14.9. The van der Waals surface area contributed by atoms with Gasteiger partial charge in [-0.05, 0) is 31.0 Å². The molecule has 0 bridgehead atoms. The summed E-state index contributed by atoms with van der Waals surface area (Å²) in [4.78, 5) is 0.817. The number of alkyl halides is 2. The van der Waals surface area contributed by atoms with E-state index in [1.807, 2.05) is 6.07 Å². The van der Waals surface area contributed by atoms with E-state index in [0.717, 1.165) is 17.7 Å². The Morgan fingerprint density at radius 2 is 2.12 bits per heavy atom. The molecule has 1 aliphatic rings. The second kappa shape index (κ2) is 4.71. The Kier molecular flexibility index (Phi) is 3.30. The van der Waals surface area contributed by atoms with Crippen molar-refractivity contribution in [3.05, 3.63) is 23.8 Å². The van der Waals surface area contributed by atoms with Crippen LogP contribution in [0.3, 0.4) is 0 Å². The molecule has 0 radical (unpaired) electrons. The average molecular weight is 241 g/mol. The lowest BCUT2D eigenvalue weighted by molar-refractivity contribution is -0.0499. The van der Waals surface area contributed by atoms with E-state index in [0.29, 0.717) is 10.8 Å². The van der Waals surface area contributed by atoms with Gasteiger partial charge in [0, 0.05) is 10.1 Å². The van der Waals surface area contributed by atoms with Crippen LogP contribution in [0.1, 0.15) is 18.4 Å². The zero-order valence-electron chi connectivity index (χ0n) is 8.32. The number of rotatable bonds is 4. The lowest BCUT2D eigenvalue weighted by Crippen LogP contribution is -2.02. The lowest BCUT2D eigenvalue weighted by Gasteiger charge is -2.07. The van der Waals surface area contributed by atoms with Crippen molar-refractivity contribution in [2.75, 3.05) is 0 Å². The molecule has 16 heavy (non-hydrogen) atoms. The zero-order valence-corrected chi connectivity index (χ0v) is 9.14. The van der Waals surface area contributed by atoms with Crippen molar-refractivity contribution < 1.29 is 13.5 Å². The molecular formula is C11H9F2NOS. The summed E-state index contributed by atoms with van der Waals surface area (Å²) >= 11 is 1.60. The summed E-state index contributed by atoms with van der Waals surface area (Å²) < 4.78 is 28.4. The third kappa shape index (κ3) is 3.11. The highest BCUT2D eigenvalue weighted by molar-refractivity contribution is 8.00. The standard InChI is InChI=1S/C11H9F2NOS/c12-11(13)15-8-3-7(6-14)4-10(5-8)16-9-1-2-9/h3-5,9,11H,1-2H2. The number of hydrogen-bond donors (Lipinski definition) is 0. The number of nitrogens with zero attached hydrogens (tertiary/aromatic N) is 1. The third-order valence-corrected chi connectivity index (χ3v) is 3.37. The van der Waals surface area contributed by atoms with Gasteiger partial charge in [0.15, 0.2) is 0 Å². The maximum Gasteiger partial charge on any atom is 0.387 e. The summed E-state index contributed by atoms with van der Waals surface area (Å²) in [6, 6.07) is 6.51. The van der Waals surface area contributed by atoms with Crippen LogP contribution in [0.5, 0.6) is 5.75 Å². The molecule has 0 aliphatic heterocycles. The first kappa shape index (κ1) is 11.2. The zero-order chi connectivity index (χ0) is 11.5. The Bertz CT molecular complexity index is 404. The molecule has 0 heterocycles. The summed E-state index contributed by atoms with van der Waals surface area (Å²) in [6.07, 6.45) is 2.29. The summed E-state index contributed by atoms with van der Waals surface area (Å²) in [6.45, 7) is -2.85. The van der Waals surface area contributed by atoms with E-state index in [4.69, 9.17) is 5.26 Å². The van der Waals surface area contributed by atoms with Gasteiger partial charge in [-0.1, -0.05) is 0 Å². The van der Waals surface area contributed by atoms with E-state index < -0.39 is 6.61 Å². The minimum atomic E-state index is -2.85. The van der Waals surface area contributed by atoms with Crippen molar-refractivity contribution in [3.63, 3.8) is 0 Å². The fourth-order valence-electron chi connectivity index (χ4n) is 1.25. The molecule has 84 valence electrons.